The SMILES string of the molecule is O=C(NNCc1cccc(F)c1)[C@@]1(Cc2ccccc2)N=C(c2ccc(OCCCO)cc2)O[C@H]1c1ccc(-c2ccccc2)cc1. The van der Waals surface area contributed by atoms with Crippen LogP contribution >= 0.6 is 0 Å². The monoisotopic (exact) mass is 629 g/mol. The van der Waals surface area contributed by atoms with Gasteiger partial charge in [-0.25, -0.2) is 14.8 Å². The highest BCUT2D eigenvalue weighted by Gasteiger charge is 2.53. The second kappa shape index (κ2) is 14.9. The molecule has 0 unspecified atom stereocenters. The van der Waals surface area contributed by atoms with Crippen molar-refractivity contribution < 1.29 is 23.8 Å². The van der Waals surface area contributed by atoms with Crippen molar-refractivity contribution in [2.45, 2.75) is 31.0 Å². The quantitative estimate of drug-likeness (QED) is 0.101. The molecule has 1 aliphatic heterocycles. The Morgan fingerprint density at radius 2 is 1.47 bits per heavy atom. The molecule has 6 rings (SSSR count). The van der Waals surface area contributed by atoms with Gasteiger partial charge in [0.2, 0.25) is 5.90 Å². The molecule has 238 valence electrons. The summed E-state index contributed by atoms with van der Waals surface area (Å²) in [7, 11) is 0. The second-order valence-corrected chi connectivity index (χ2v) is 11.4. The van der Waals surface area contributed by atoms with Crippen molar-refractivity contribution >= 4 is 11.8 Å². The first kappa shape index (κ1) is 31.7. The maximum atomic E-state index is 14.4. The highest BCUT2D eigenvalue weighted by molar-refractivity contribution is 6.01. The summed E-state index contributed by atoms with van der Waals surface area (Å²) in [5.41, 5.74) is 9.66. The van der Waals surface area contributed by atoms with E-state index in [4.69, 9.17) is 19.6 Å². The lowest BCUT2D eigenvalue weighted by Crippen LogP contribution is -2.53. The number of hydrogen-bond acceptors (Lipinski definition) is 6. The van der Waals surface area contributed by atoms with Crippen molar-refractivity contribution in [1.29, 1.82) is 0 Å². The molecule has 5 aromatic carbocycles. The zero-order valence-corrected chi connectivity index (χ0v) is 25.8. The van der Waals surface area contributed by atoms with E-state index in [1.807, 2.05) is 97.1 Å². The molecule has 5 aromatic rings. The predicted octanol–water partition coefficient (Wildman–Crippen LogP) is 6.57. The number of aliphatic imine (C=N–C) groups is 1. The maximum absolute atomic E-state index is 14.4. The second-order valence-electron chi connectivity index (χ2n) is 11.4. The Labute approximate surface area is 273 Å². The van der Waals surface area contributed by atoms with Gasteiger partial charge in [0.1, 0.15) is 11.6 Å². The third-order valence-corrected chi connectivity index (χ3v) is 8.05. The van der Waals surface area contributed by atoms with E-state index < -0.39 is 11.6 Å². The molecule has 0 radical (unpaired) electrons. The van der Waals surface area contributed by atoms with E-state index in [1.165, 1.54) is 12.1 Å². The number of rotatable bonds is 13. The van der Waals surface area contributed by atoms with Gasteiger partial charge < -0.3 is 14.6 Å². The van der Waals surface area contributed by atoms with Crippen molar-refractivity contribution in [1.82, 2.24) is 10.9 Å². The summed E-state index contributed by atoms with van der Waals surface area (Å²) in [6, 6.07) is 41.4. The lowest BCUT2D eigenvalue weighted by Gasteiger charge is -2.31. The number of nitrogens with zero attached hydrogens (tertiary/aromatic N) is 1. The number of hydrazine groups is 1. The van der Waals surface area contributed by atoms with Crippen LogP contribution in [0, 0.1) is 5.82 Å². The average molecular weight is 630 g/mol. The number of halogens is 1. The molecular formula is C39H36FN3O4. The van der Waals surface area contributed by atoms with Crippen molar-refractivity contribution in [3.63, 3.8) is 0 Å². The standard InChI is InChI=1S/C39H36FN3O4/c40-34-14-7-11-29(25-34)27-41-43-38(45)39(26-28-9-3-1-4-10-28)36(32-17-15-31(16-18-32)30-12-5-2-6-13-30)47-37(42-39)33-19-21-35(22-20-33)46-24-8-23-44/h1-7,9-22,25,36,41,44H,8,23-24,26-27H2,(H,43,45)/t36-,39-/m0/s1. The van der Waals surface area contributed by atoms with Crippen LogP contribution in [0.4, 0.5) is 4.39 Å². The molecule has 0 aromatic heterocycles. The van der Waals surface area contributed by atoms with Crippen LogP contribution in [0.3, 0.4) is 0 Å². The van der Waals surface area contributed by atoms with Gasteiger partial charge in [-0.1, -0.05) is 97.1 Å². The predicted molar refractivity (Wildman–Crippen MR) is 180 cm³/mol. The van der Waals surface area contributed by atoms with Gasteiger partial charge in [0, 0.05) is 31.6 Å². The van der Waals surface area contributed by atoms with Crippen molar-refractivity contribution in [2.75, 3.05) is 13.2 Å². The molecule has 0 saturated heterocycles. The molecular weight excluding hydrogens is 593 g/mol. The average Bonchev–Trinajstić information content (AvgIpc) is 3.50. The van der Waals surface area contributed by atoms with Crippen LogP contribution in [0.2, 0.25) is 0 Å². The maximum Gasteiger partial charge on any atom is 0.266 e. The fraction of sp³-hybridized carbons (Fsp3) is 0.179. The smallest absolute Gasteiger partial charge is 0.266 e. The molecule has 7 nitrogen and oxygen atoms in total. The van der Waals surface area contributed by atoms with Crippen LogP contribution in [-0.2, 0) is 22.5 Å². The Balaban J connectivity index is 1.36. The van der Waals surface area contributed by atoms with E-state index >= 15 is 0 Å². The van der Waals surface area contributed by atoms with Gasteiger partial charge in [-0.15, -0.1) is 0 Å². The van der Waals surface area contributed by atoms with Gasteiger partial charge >= 0.3 is 0 Å². The number of aliphatic hydroxyl groups excluding tert-OH is 1. The van der Waals surface area contributed by atoms with Crippen LogP contribution in [0.5, 0.6) is 5.75 Å². The lowest BCUT2D eigenvalue weighted by atomic mass is 9.82. The summed E-state index contributed by atoms with van der Waals surface area (Å²) >= 11 is 0. The van der Waals surface area contributed by atoms with Crippen LogP contribution < -0.4 is 15.6 Å². The first-order valence-corrected chi connectivity index (χ1v) is 15.6. The molecule has 0 bridgehead atoms. The molecule has 3 N–H and O–H groups in total. The molecule has 0 spiro atoms. The highest BCUT2D eigenvalue weighted by atomic mass is 19.1. The molecule has 0 fully saturated rings. The van der Waals surface area contributed by atoms with E-state index in [2.05, 4.69) is 23.0 Å². The van der Waals surface area contributed by atoms with E-state index in [1.54, 1.807) is 12.1 Å². The minimum absolute atomic E-state index is 0.0547. The van der Waals surface area contributed by atoms with E-state index in [9.17, 15) is 9.18 Å². The van der Waals surface area contributed by atoms with E-state index in [-0.39, 0.29) is 31.3 Å². The summed E-state index contributed by atoms with van der Waals surface area (Å²) in [4.78, 5) is 19.5. The Morgan fingerprint density at radius 1 is 0.809 bits per heavy atom. The third-order valence-electron chi connectivity index (χ3n) is 8.05. The highest BCUT2D eigenvalue weighted by Crippen LogP contribution is 2.43. The van der Waals surface area contributed by atoms with E-state index in [0.717, 1.165) is 22.3 Å². The van der Waals surface area contributed by atoms with Crippen LogP contribution in [0.25, 0.3) is 11.1 Å². The molecule has 1 amide bonds. The fourth-order valence-corrected chi connectivity index (χ4v) is 5.65. The van der Waals surface area contributed by atoms with Crippen LogP contribution in [0.15, 0.2) is 138 Å². The number of nitrogens with one attached hydrogen (secondary N) is 2. The van der Waals surface area contributed by atoms with Crippen molar-refractivity contribution in [3.05, 3.63) is 162 Å². The summed E-state index contributed by atoms with van der Waals surface area (Å²) in [5, 5.41) is 9.08. The van der Waals surface area contributed by atoms with Crippen LogP contribution in [-0.4, -0.2) is 35.7 Å². The molecule has 2 atom stereocenters. The normalized spacial score (nSPS) is 17.1. The minimum atomic E-state index is -1.39. The van der Waals surface area contributed by atoms with E-state index in [0.29, 0.717) is 35.8 Å². The molecule has 1 aliphatic rings. The number of ether oxygens (including phenoxy) is 2. The first-order chi connectivity index (χ1) is 23.0. The summed E-state index contributed by atoms with van der Waals surface area (Å²) in [6.07, 6.45) is 0.0317. The summed E-state index contributed by atoms with van der Waals surface area (Å²) in [6.45, 7) is 0.674. The van der Waals surface area contributed by atoms with Crippen LogP contribution in [0.1, 0.15) is 34.8 Å². The molecule has 8 heteroatoms. The summed E-state index contributed by atoms with van der Waals surface area (Å²) in [5.74, 6) is 0.260. The zero-order chi connectivity index (χ0) is 32.5. The van der Waals surface area contributed by atoms with Crippen molar-refractivity contribution in [3.8, 4) is 16.9 Å². The lowest BCUT2D eigenvalue weighted by molar-refractivity contribution is -0.130. The Hall–Kier alpha value is -5.31. The molecule has 0 saturated carbocycles. The largest absolute Gasteiger partial charge is 0.494 e. The van der Waals surface area contributed by atoms with Gasteiger partial charge in [-0.2, -0.15) is 0 Å². The van der Waals surface area contributed by atoms with Gasteiger partial charge in [-0.3, -0.25) is 10.2 Å². The van der Waals surface area contributed by atoms with Gasteiger partial charge in [0.05, 0.1) is 6.61 Å². The Kier molecular flexibility index (Phi) is 10.0. The van der Waals surface area contributed by atoms with Crippen molar-refractivity contribution in [2.24, 2.45) is 4.99 Å². The number of hydrogen-bond donors (Lipinski definition) is 3. The summed E-state index contributed by atoms with van der Waals surface area (Å²) < 4.78 is 26.2. The number of carbonyl (C=O) groups is 1. The minimum Gasteiger partial charge on any atom is -0.494 e. The zero-order valence-electron chi connectivity index (χ0n) is 25.8. The Bertz CT molecular complexity index is 1800. The molecule has 0 aliphatic carbocycles. The molecule has 1 heterocycles. The Morgan fingerprint density at radius 3 is 2.17 bits per heavy atom. The number of aliphatic hydroxyl groups is 1. The topological polar surface area (TPSA) is 92.2 Å². The molecule has 47 heavy (non-hydrogen) atoms. The van der Waals surface area contributed by atoms with Gasteiger partial charge in [0.25, 0.3) is 5.91 Å². The number of carbonyl (C=O) groups excluding carboxylic acids is 1. The fourth-order valence-electron chi connectivity index (χ4n) is 5.65. The number of benzene rings is 5. The first-order valence-electron chi connectivity index (χ1n) is 15.6. The third kappa shape index (κ3) is 7.57. The van der Waals surface area contributed by atoms with Gasteiger partial charge in [0.15, 0.2) is 11.6 Å². The number of amides is 1. The van der Waals surface area contributed by atoms with Gasteiger partial charge in [-0.05, 0) is 64.2 Å².